The number of carbonyl (C=O) groups excluding carboxylic acids is 1. The summed E-state index contributed by atoms with van der Waals surface area (Å²) in [4.78, 5) is 12.7. The predicted molar refractivity (Wildman–Crippen MR) is 146 cm³/mol. The van der Waals surface area contributed by atoms with Crippen LogP contribution in [0, 0.1) is 12.7 Å². The molecule has 0 bridgehead atoms. The molecule has 3 aromatic carbocycles. The minimum Gasteiger partial charge on any atom is -0.460 e. The van der Waals surface area contributed by atoms with Crippen LogP contribution in [0.15, 0.2) is 102 Å². The highest BCUT2D eigenvalue weighted by atomic mass is 19.1. The number of carbonyl (C=O) groups is 1. The van der Waals surface area contributed by atoms with Gasteiger partial charge >= 0.3 is 5.97 Å². The average molecular weight is 537 g/mol. The first-order valence-electron chi connectivity index (χ1n) is 12.7. The number of rotatable bonds is 7. The predicted octanol–water partition coefficient (Wildman–Crippen LogP) is 6.94. The molecule has 0 radical (unpaired) electrons. The summed E-state index contributed by atoms with van der Waals surface area (Å²) in [5.41, 5.74) is 3.93. The number of furan rings is 1. The number of para-hydroxylation sites is 1. The van der Waals surface area contributed by atoms with Crippen LogP contribution in [0.25, 0.3) is 23.2 Å². The fraction of sp³-hybridized carbons (Fsp3) is 0.125. The highest BCUT2D eigenvalue weighted by Gasteiger charge is 2.25. The van der Waals surface area contributed by atoms with Crippen molar-refractivity contribution in [2.24, 2.45) is 0 Å². The van der Waals surface area contributed by atoms with Gasteiger partial charge in [-0.05, 0) is 49.4 Å². The highest BCUT2D eigenvalue weighted by Crippen LogP contribution is 2.37. The molecule has 0 N–H and O–H groups in total. The van der Waals surface area contributed by atoms with Gasteiger partial charge in [0, 0.05) is 34.5 Å². The van der Waals surface area contributed by atoms with E-state index in [0.29, 0.717) is 33.9 Å². The number of ether oxygens (including phenoxy) is 3. The number of nitrogens with zero attached hydrogens (tertiary/aromatic N) is 2. The lowest BCUT2D eigenvalue weighted by Crippen LogP contribution is -2.19. The second kappa shape index (κ2) is 11.0. The van der Waals surface area contributed by atoms with Crippen molar-refractivity contribution < 1.29 is 27.8 Å². The van der Waals surface area contributed by atoms with Gasteiger partial charge in [0.25, 0.3) is 0 Å². The summed E-state index contributed by atoms with van der Waals surface area (Å²) in [6.07, 6.45) is 4.11. The molecular formula is C32H25FN2O5. The third kappa shape index (κ3) is 5.43. The van der Waals surface area contributed by atoms with E-state index < -0.39 is 18.1 Å². The molecule has 200 valence electrons. The Bertz CT molecular complexity index is 1670. The Kier molecular flexibility index (Phi) is 6.99. The first kappa shape index (κ1) is 25.3. The van der Waals surface area contributed by atoms with Crippen molar-refractivity contribution >= 4 is 12.0 Å². The fourth-order valence-corrected chi connectivity index (χ4v) is 4.49. The SMILES string of the molecule is Cc1ccc(-c2nn(-c3ccccc3)cc2C=CC(=O)OCc2cc(F)cc3c2OC(c2ccccc2)OC3)o1. The molecule has 0 amide bonds. The second-order valence-electron chi connectivity index (χ2n) is 9.29. The molecule has 7 nitrogen and oxygen atoms in total. The lowest BCUT2D eigenvalue weighted by Gasteiger charge is -2.28. The van der Waals surface area contributed by atoms with Crippen molar-refractivity contribution in [1.82, 2.24) is 9.78 Å². The van der Waals surface area contributed by atoms with Crippen molar-refractivity contribution in [3.05, 3.63) is 131 Å². The monoisotopic (exact) mass is 536 g/mol. The smallest absolute Gasteiger partial charge is 0.331 e. The Balaban J connectivity index is 1.20. The maximum absolute atomic E-state index is 14.3. The van der Waals surface area contributed by atoms with E-state index in [2.05, 4.69) is 5.10 Å². The number of aryl methyl sites for hydroxylation is 1. The summed E-state index contributed by atoms with van der Waals surface area (Å²) in [7, 11) is 0. The largest absolute Gasteiger partial charge is 0.460 e. The van der Waals surface area contributed by atoms with Gasteiger partial charge in [0.2, 0.25) is 6.29 Å². The standard InChI is InChI=1S/C32H25FN2O5/c1-21-12-14-28(39-21)30-23(18-35(34-30)27-10-6-3-7-11-27)13-15-29(36)37-19-24-16-26(33)17-25-20-38-32(40-31(24)25)22-8-4-2-5-9-22/h2-18,32H,19-20H2,1H3. The molecule has 0 fully saturated rings. The Hall–Kier alpha value is -4.95. The molecule has 6 rings (SSSR count). The maximum atomic E-state index is 14.3. The van der Waals surface area contributed by atoms with Crippen molar-refractivity contribution in [3.63, 3.8) is 0 Å². The van der Waals surface area contributed by atoms with Crippen LogP contribution in [0.3, 0.4) is 0 Å². The molecule has 1 atom stereocenters. The Morgan fingerprint density at radius 3 is 2.60 bits per heavy atom. The molecule has 1 aliphatic heterocycles. The minimum atomic E-state index is -0.640. The van der Waals surface area contributed by atoms with Gasteiger partial charge in [-0.25, -0.2) is 13.9 Å². The van der Waals surface area contributed by atoms with Gasteiger partial charge in [0.1, 0.15) is 29.6 Å². The van der Waals surface area contributed by atoms with Gasteiger partial charge in [-0.2, -0.15) is 5.10 Å². The second-order valence-corrected chi connectivity index (χ2v) is 9.29. The normalized spacial score (nSPS) is 14.6. The fourth-order valence-electron chi connectivity index (χ4n) is 4.49. The molecule has 8 heteroatoms. The van der Waals surface area contributed by atoms with Gasteiger partial charge in [-0.15, -0.1) is 0 Å². The Labute approximate surface area is 230 Å². The highest BCUT2D eigenvalue weighted by molar-refractivity contribution is 5.88. The number of aromatic nitrogens is 2. The van der Waals surface area contributed by atoms with Crippen LogP contribution in [0.4, 0.5) is 4.39 Å². The topological polar surface area (TPSA) is 75.7 Å². The molecule has 0 saturated carbocycles. The number of hydrogen-bond acceptors (Lipinski definition) is 6. The molecule has 2 aromatic heterocycles. The van der Waals surface area contributed by atoms with E-state index in [1.165, 1.54) is 18.2 Å². The van der Waals surface area contributed by atoms with E-state index in [9.17, 15) is 9.18 Å². The third-order valence-corrected chi connectivity index (χ3v) is 6.40. The van der Waals surface area contributed by atoms with Crippen molar-refractivity contribution in [2.45, 2.75) is 26.4 Å². The van der Waals surface area contributed by atoms with Gasteiger partial charge in [-0.3, -0.25) is 0 Å². The van der Waals surface area contributed by atoms with Crippen LogP contribution in [-0.4, -0.2) is 15.7 Å². The molecule has 0 saturated heterocycles. The molecule has 1 unspecified atom stereocenters. The van der Waals surface area contributed by atoms with E-state index in [-0.39, 0.29) is 13.2 Å². The van der Waals surface area contributed by atoms with Crippen LogP contribution in [-0.2, 0) is 27.5 Å². The lowest BCUT2D eigenvalue weighted by molar-refractivity contribution is -0.139. The van der Waals surface area contributed by atoms with Crippen LogP contribution in [0.1, 0.15) is 34.3 Å². The third-order valence-electron chi connectivity index (χ3n) is 6.40. The zero-order valence-electron chi connectivity index (χ0n) is 21.6. The van der Waals surface area contributed by atoms with Crippen LogP contribution < -0.4 is 4.74 Å². The van der Waals surface area contributed by atoms with Crippen molar-refractivity contribution in [2.75, 3.05) is 0 Å². The van der Waals surface area contributed by atoms with E-state index in [1.54, 1.807) is 10.8 Å². The summed E-state index contributed by atoms with van der Waals surface area (Å²) in [6, 6.07) is 25.5. The van der Waals surface area contributed by atoms with Crippen LogP contribution in [0.2, 0.25) is 0 Å². The van der Waals surface area contributed by atoms with E-state index in [0.717, 1.165) is 17.0 Å². The molecule has 40 heavy (non-hydrogen) atoms. The summed E-state index contributed by atoms with van der Waals surface area (Å²) in [5.74, 6) is 0.729. The quantitative estimate of drug-likeness (QED) is 0.166. The number of halogens is 1. The Morgan fingerprint density at radius 2 is 1.85 bits per heavy atom. The van der Waals surface area contributed by atoms with Gasteiger partial charge in [-0.1, -0.05) is 48.5 Å². The van der Waals surface area contributed by atoms with Gasteiger partial charge in [0.05, 0.1) is 12.3 Å². The summed E-state index contributed by atoms with van der Waals surface area (Å²) < 4.78 is 39.2. The van der Waals surface area contributed by atoms with E-state index in [4.69, 9.17) is 18.6 Å². The van der Waals surface area contributed by atoms with E-state index >= 15 is 0 Å². The minimum absolute atomic E-state index is 0.168. The van der Waals surface area contributed by atoms with E-state index in [1.807, 2.05) is 85.9 Å². The number of benzene rings is 3. The average Bonchev–Trinajstić information content (AvgIpc) is 3.61. The van der Waals surface area contributed by atoms with Gasteiger partial charge < -0.3 is 18.6 Å². The zero-order chi connectivity index (χ0) is 27.5. The van der Waals surface area contributed by atoms with Gasteiger partial charge in [0.15, 0.2) is 5.76 Å². The van der Waals surface area contributed by atoms with Crippen molar-refractivity contribution in [1.29, 1.82) is 0 Å². The zero-order valence-corrected chi connectivity index (χ0v) is 21.6. The molecule has 1 aliphatic rings. The summed E-state index contributed by atoms with van der Waals surface area (Å²) >= 11 is 0. The van der Waals surface area contributed by atoms with Crippen molar-refractivity contribution in [3.8, 4) is 22.9 Å². The molecule has 3 heterocycles. The lowest BCUT2D eigenvalue weighted by atomic mass is 10.1. The maximum Gasteiger partial charge on any atom is 0.331 e. The number of esters is 1. The summed E-state index contributed by atoms with van der Waals surface area (Å²) in [6.45, 7) is 1.86. The first-order chi connectivity index (χ1) is 19.5. The molecule has 0 aliphatic carbocycles. The number of hydrogen-bond donors (Lipinski definition) is 0. The summed E-state index contributed by atoms with van der Waals surface area (Å²) in [5, 5.41) is 4.68. The molecule has 5 aromatic rings. The van der Waals surface area contributed by atoms with Crippen LogP contribution in [0.5, 0.6) is 5.75 Å². The Morgan fingerprint density at radius 1 is 1.07 bits per heavy atom. The first-order valence-corrected chi connectivity index (χ1v) is 12.7. The molecule has 0 spiro atoms. The van der Waals surface area contributed by atoms with Crippen LogP contribution >= 0.6 is 0 Å². The number of fused-ring (bicyclic) bond motifs is 1. The molecular weight excluding hydrogens is 511 g/mol.